The van der Waals surface area contributed by atoms with Crippen LogP contribution in [0.15, 0.2) is 29.3 Å². The molecule has 0 unspecified atom stereocenters. The topological polar surface area (TPSA) is 31.2 Å². The van der Waals surface area contributed by atoms with E-state index < -0.39 is 0 Å². The largest absolute Gasteiger partial charge is 0.355 e. The minimum atomic E-state index is 0.0475. The molecule has 1 saturated heterocycles. The average molecular weight is 193 g/mol. The molecule has 1 aromatic heterocycles. The van der Waals surface area contributed by atoms with E-state index in [-0.39, 0.29) is 11.7 Å². The molecule has 76 valence electrons. The molecular weight excluding hydrogens is 178 g/mol. The quantitative estimate of drug-likeness (QED) is 0.718. The maximum atomic E-state index is 10.9. The van der Waals surface area contributed by atoms with E-state index in [9.17, 15) is 4.79 Å². The first-order valence-electron chi connectivity index (χ1n) is 5.13. The number of hydrogen-bond acceptors (Lipinski definition) is 2. The monoisotopic (exact) mass is 193 g/mol. The summed E-state index contributed by atoms with van der Waals surface area (Å²) >= 11 is 0. The average Bonchev–Trinajstić information content (AvgIpc) is 2.67. The first-order chi connectivity index (χ1) is 6.79. The molecule has 3 nitrogen and oxygen atoms in total. The van der Waals surface area contributed by atoms with Gasteiger partial charge >= 0.3 is 0 Å². The van der Waals surface area contributed by atoms with Crippen molar-refractivity contribution in [3.05, 3.63) is 34.7 Å². The van der Waals surface area contributed by atoms with Gasteiger partial charge in [-0.2, -0.15) is 0 Å². The molecule has 1 fully saturated rings. The van der Waals surface area contributed by atoms with Gasteiger partial charge in [-0.15, -0.1) is 0 Å². The Hall–Kier alpha value is -1.09. The van der Waals surface area contributed by atoms with E-state index in [0.29, 0.717) is 6.10 Å². The maximum Gasteiger partial charge on any atom is 0.181 e. The number of aromatic nitrogens is 1. The zero-order chi connectivity index (χ0) is 9.97. The molecule has 0 aliphatic carbocycles. The second-order valence-electron chi connectivity index (χ2n) is 3.68. The van der Waals surface area contributed by atoms with E-state index in [4.69, 9.17) is 4.74 Å². The lowest BCUT2D eigenvalue weighted by molar-refractivity contribution is 0.000540. The normalized spacial score (nSPS) is 26.6. The van der Waals surface area contributed by atoms with Crippen LogP contribution in [0.3, 0.4) is 0 Å². The van der Waals surface area contributed by atoms with Gasteiger partial charge in [-0.1, -0.05) is 6.92 Å². The van der Waals surface area contributed by atoms with E-state index in [1.165, 1.54) is 0 Å². The molecule has 0 bridgehead atoms. The van der Waals surface area contributed by atoms with Crippen LogP contribution in [0.25, 0.3) is 0 Å². The smallest absolute Gasteiger partial charge is 0.181 e. The fraction of sp³-hybridized carbons (Fsp3) is 0.545. The fourth-order valence-electron chi connectivity index (χ4n) is 1.82. The minimum absolute atomic E-state index is 0.0475. The van der Waals surface area contributed by atoms with Crippen molar-refractivity contribution in [1.82, 2.24) is 4.57 Å². The molecule has 1 aromatic rings. The lowest BCUT2D eigenvalue weighted by Gasteiger charge is -2.15. The molecule has 0 spiro atoms. The molecule has 1 aliphatic rings. The second-order valence-corrected chi connectivity index (χ2v) is 3.68. The van der Waals surface area contributed by atoms with Crippen LogP contribution >= 0.6 is 0 Å². The van der Waals surface area contributed by atoms with E-state index in [0.717, 1.165) is 19.3 Å². The number of pyridine rings is 1. The van der Waals surface area contributed by atoms with Crippen LogP contribution < -0.4 is 5.43 Å². The minimum Gasteiger partial charge on any atom is -0.355 e. The molecular formula is C11H15NO2. The van der Waals surface area contributed by atoms with Gasteiger partial charge in [0.2, 0.25) is 0 Å². The summed E-state index contributed by atoms with van der Waals surface area (Å²) in [6.45, 7) is 2.14. The predicted octanol–water partition coefficient (Wildman–Crippen LogP) is 1.94. The van der Waals surface area contributed by atoms with Crippen molar-refractivity contribution in [2.75, 3.05) is 0 Å². The third-order valence-corrected chi connectivity index (χ3v) is 2.69. The van der Waals surface area contributed by atoms with Crippen molar-refractivity contribution in [2.24, 2.45) is 0 Å². The number of ether oxygens (including phenoxy) is 1. The van der Waals surface area contributed by atoms with Crippen LogP contribution in [-0.4, -0.2) is 10.7 Å². The van der Waals surface area contributed by atoms with Crippen LogP contribution in [0.5, 0.6) is 0 Å². The van der Waals surface area contributed by atoms with E-state index in [1.807, 2.05) is 4.57 Å². The molecule has 2 atom stereocenters. The molecule has 14 heavy (non-hydrogen) atoms. The summed E-state index contributed by atoms with van der Waals surface area (Å²) in [6.07, 6.45) is 7.33. The van der Waals surface area contributed by atoms with Gasteiger partial charge in [0.1, 0.15) is 6.23 Å². The lowest BCUT2D eigenvalue weighted by Crippen LogP contribution is -2.12. The van der Waals surface area contributed by atoms with Crippen molar-refractivity contribution in [1.29, 1.82) is 0 Å². The third kappa shape index (κ3) is 1.87. The summed E-state index contributed by atoms with van der Waals surface area (Å²) in [5.41, 5.74) is 0.0475. The fourth-order valence-corrected chi connectivity index (χ4v) is 1.82. The van der Waals surface area contributed by atoms with Crippen LogP contribution in [0.4, 0.5) is 0 Å². The molecule has 1 aliphatic heterocycles. The Morgan fingerprint density at radius 2 is 2.14 bits per heavy atom. The molecule has 2 rings (SSSR count). The Kier molecular flexibility index (Phi) is 2.68. The molecule has 0 amide bonds. The first-order valence-corrected chi connectivity index (χ1v) is 5.13. The first kappa shape index (κ1) is 9.46. The molecule has 0 N–H and O–H groups in total. The third-order valence-electron chi connectivity index (χ3n) is 2.69. The number of rotatable bonds is 2. The van der Waals surface area contributed by atoms with E-state index >= 15 is 0 Å². The van der Waals surface area contributed by atoms with Gasteiger partial charge in [-0.05, 0) is 19.3 Å². The van der Waals surface area contributed by atoms with Crippen LogP contribution in [-0.2, 0) is 4.74 Å². The van der Waals surface area contributed by atoms with Gasteiger partial charge in [-0.25, -0.2) is 0 Å². The summed E-state index contributed by atoms with van der Waals surface area (Å²) in [5, 5.41) is 0. The Labute approximate surface area is 83.3 Å². The maximum absolute atomic E-state index is 10.9. The van der Waals surface area contributed by atoms with Gasteiger partial charge in [0.05, 0.1) is 6.10 Å². The Morgan fingerprint density at radius 1 is 1.43 bits per heavy atom. The van der Waals surface area contributed by atoms with Crippen molar-refractivity contribution >= 4 is 0 Å². The van der Waals surface area contributed by atoms with Crippen LogP contribution in [0, 0.1) is 0 Å². The highest BCUT2D eigenvalue weighted by atomic mass is 16.5. The lowest BCUT2D eigenvalue weighted by atomic mass is 10.2. The van der Waals surface area contributed by atoms with Gasteiger partial charge in [0.25, 0.3) is 0 Å². The van der Waals surface area contributed by atoms with Crippen LogP contribution in [0.1, 0.15) is 32.4 Å². The van der Waals surface area contributed by atoms with Gasteiger partial charge in [0, 0.05) is 24.5 Å². The Balaban J connectivity index is 2.09. The van der Waals surface area contributed by atoms with E-state index in [2.05, 4.69) is 6.92 Å². The Morgan fingerprint density at radius 3 is 2.71 bits per heavy atom. The summed E-state index contributed by atoms with van der Waals surface area (Å²) in [4.78, 5) is 10.9. The molecule has 0 aromatic carbocycles. The number of hydrogen-bond donors (Lipinski definition) is 0. The van der Waals surface area contributed by atoms with Crippen molar-refractivity contribution in [3.63, 3.8) is 0 Å². The zero-order valence-corrected chi connectivity index (χ0v) is 8.35. The highest BCUT2D eigenvalue weighted by Crippen LogP contribution is 2.28. The second kappa shape index (κ2) is 3.96. The summed E-state index contributed by atoms with van der Waals surface area (Å²) < 4.78 is 7.77. The molecule has 3 heteroatoms. The molecule has 0 radical (unpaired) electrons. The van der Waals surface area contributed by atoms with Gasteiger partial charge < -0.3 is 9.30 Å². The van der Waals surface area contributed by atoms with E-state index in [1.54, 1.807) is 24.5 Å². The summed E-state index contributed by atoms with van der Waals surface area (Å²) in [7, 11) is 0. The van der Waals surface area contributed by atoms with Crippen molar-refractivity contribution < 1.29 is 4.74 Å². The zero-order valence-electron chi connectivity index (χ0n) is 8.35. The van der Waals surface area contributed by atoms with Crippen molar-refractivity contribution in [3.8, 4) is 0 Å². The highest BCUT2D eigenvalue weighted by molar-refractivity contribution is 4.95. The SMILES string of the molecule is CC[C@@H]1CC[C@H](n2ccc(=O)cc2)O1. The van der Waals surface area contributed by atoms with Crippen LogP contribution in [0.2, 0.25) is 0 Å². The molecule has 2 heterocycles. The summed E-state index contributed by atoms with van der Waals surface area (Å²) in [5.74, 6) is 0. The van der Waals surface area contributed by atoms with Crippen molar-refractivity contribution in [2.45, 2.75) is 38.5 Å². The highest BCUT2D eigenvalue weighted by Gasteiger charge is 2.23. The standard InChI is InChI=1S/C11H15NO2/c1-2-10-3-4-11(14-10)12-7-5-9(13)6-8-12/h5-8,10-11H,2-4H2,1H3/t10-,11-/m1/s1. The number of nitrogens with zero attached hydrogens (tertiary/aromatic N) is 1. The van der Waals surface area contributed by atoms with Gasteiger partial charge in [-0.3, -0.25) is 4.79 Å². The summed E-state index contributed by atoms with van der Waals surface area (Å²) in [6, 6.07) is 3.14. The predicted molar refractivity (Wildman–Crippen MR) is 54.1 cm³/mol. The Bertz CT molecular complexity index is 338. The van der Waals surface area contributed by atoms with Gasteiger partial charge in [0.15, 0.2) is 5.43 Å². The molecule has 0 saturated carbocycles.